The second-order valence-corrected chi connectivity index (χ2v) is 0.806. The Kier molecular flexibility index (Phi) is 5.88. The number of carbonyl (C=O) groups is 1. The number of hydrogen-bond acceptors (Lipinski definition) is 4. The fourth-order valence-corrected chi connectivity index (χ4v) is 0.105. The molecule has 0 spiro atoms. The van der Waals surface area contributed by atoms with Gasteiger partial charge in [-0.15, -0.1) is 10.1 Å². The third kappa shape index (κ3) is 9.03. The molecule has 0 unspecified atom stereocenters. The van der Waals surface area contributed by atoms with Crippen molar-refractivity contribution in [2.45, 2.75) is 6.92 Å². The number of hydrogen-bond donors (Lipinski definition) is 0. The van der Waals surface area contributed by atoms with Gasteiger partial charge in [0.1, 0.15) is 0 Å². The number of nitrogens with zero attached hydrogens (tertiary/aromatic N) is 1. The Bertz CT molecular complexity index is 90.2. The van der Waals surface area contributed by atoms with Crippen LogP contribution in [0.2, 0.25) is 0 Å². The molecule has 49 valence electrons. The molecule has 0 rings (SSSR count). The van der Waals surface area contributed by atoms with Crippen LogP contribution in [-0.4, -0.2) is 11.1 Å². The van der Waals surface area contributed by atoms with Gasteiger partial charge >= 0.3 is 11.1 Å². The maximum absolute atomic E-state index is 9.59. The average Bonchev–Trinajstić information content (AvgIpc) is 1.27. The Morgan fingerprint density at radius 3 is 2.12 bits per heavy atom. The van der Waals surface area contributed by atoms with Crippen LogP contribution in [0.5, 0.6) is 0 Å². The van der Waals surface area contributed by atoms with E-state index in [1.54, 1.807) is 0 Å². The second kappa shape index (κ2) is 4.53. The van der Waals surface area contributed by atoms with Crippen molar-refractivity contribution in [1.29, 1.82) is 0 Å². The maximum atomic E-state index is 9.59. The first-order chi connectivity index (χ1) is 3.13. The summed E-state index contributed by atoms with van der Waals surface area (Å²) in [7, 11) is 0. The fourth-order valence-electron chi connectivity index (χ4n) is 0.105. The van der Waals surface area contributed by atoms with Crippen molar-refractivity contribution >= 4 is 5.97 Å². The fraction of sp³-hybridized carbons (Fsp3) is 0.500. The van der Waals surface area contributed by atoms with E-state index in [1.807, 2.05) is 0 Å². The summed E-state index contributed by atoms with van der Waals surface area (Å²) in [4.78, 5) is 22.1. The van der Waals surface area contributed by atoms with Crippen LogP contribution in [0.1, 0.15) is 6.92 Å². The van der Waals surface area contributed by atoms with Crippen LogP contribution in [0.3, 0.4) is 0 Å². The summed E-state index contributed by atoms with van der Waals surface area (Å²) in [5.74, 6) is -0.912. The topological polar surface area (TPSA) is 69.4 Å². The summed E-state index contributed by atoms with van der Waals surface area (Å²) in [6.07, 6.45) is 0. The third-order valence-electron chi connectivity index (χ3n) is 0.203. The van der Waals surface area contributed by atoms with E-state index in [-0.39, 0.29) is 16.8 Å². The van der Waals surface area contributed by atoms with E-state index in [0.29, 0.717) is 0 Å². The summed E-state index contributed by atoms with van der Waals surface area (Å²) in [6, 6.07) is 0. The van der Waals surface area contributed by atoms with Gasteiger partial charge in [0.25, 0.3) is 0 Å². The molecular weight excluding hydrogens is 161 g/mol. The summed E-state index contributed by atoms with van der Waals surface area (Å²) >= 11 is 0. The van der Waals surface area contributed by atoms with Crippen molar-refractivity contribution in [2.24, 2.45) is 0 Å². The normalized spacial score (nSPS) is 6.62. The Hall–Kier alpha value is -0.624. The molecule has 5 nitrogen and oxygen atoms in total. The predicted octanol–water partition coefficient (Wildman–Crippen LogP) is -0.261. The minimum atomic E-state index is -1.15. The van der Waals surface area contributed by atoms with Gasteiger partial charge in [0.05, 0.1) is 0 Å². The van der Waals surface area contributed by atoms with Crippen LogP contribution in [0.25, 0.3) is 0 Å². The summed E-state index contributed by atoms with van der Waals surface area (Å²) in [5.41, 5.74) is 0. The van der Waals surface area contributed by atoms with Gasteiger partial charge in [-0.05, 0) is 0 Å². The van der Waals surface area contributed by atoms with E-state index < -0.39 is 11.1 Å². The molecular formula is C2H3CoNO4. The zero-order valence-electron chi connectivity index (χ0n) is 3.91. The van der Waals surface area contributed by atoms with Gasteiger partial charge in [-0.3, -0.25) is 4.79 Å². The van der Waals surface area contributed by atoms with Gasteiger partial charge in [-0.1, -0.05) is 0 Å². The monoisotopic (exact) mass is 164 g/mol. The van der Waals surface area contributed by atoms with Gasteiger partial charge in [0.15, 0.2) is 0 Å². The molecule has 6 heteroatoms. The number of rotatable bonds is 1. The molecule has 0 amide bonds. The molecule has 0 atom stereocenters. The Morgan fingerprint density at radius 2 is 2.12 bits per heavy atom. The van der Waals surface area contributed by atoms with Gasteiger partial charge < -0.3 is 0 Å². The van der Waals surface area contributed by atoms with Gasteiger partial charge in [0.2, 0.25) is 0 Å². The molecule has 0 aliphatic carbocycles. The smallest absolute Gasteiger partial charge is 0.269 e. The van der Waals surface area contributed by atoms with Gasteiger partial charge in [-0.25, -0.2) is 4.84 Å². The Morgan fingerprint density at radius 1 is 1.75 bits per heavy atom. The van der Waals surface area contributed by atoms with E-state index in [2.05, 4.69) is 4.84 Å². The Balaban J connectivity index is 0. The van der Waals surface area contributed by atoms with Crippen LogP contribution in [0.4, 0.5) is 0 Å². The first-order valence-corrected chi connectivity index (χ1v) is 1.46. The van der Waals surface area contributed by atoms with E-state index in [0.717, 1.165) is 6.92 Å². The molecule has 0 saturated carbocycles. The van der Waals surface area contributed by atoms with Gasteiger partial charge in [-0.2, -0.15) is 0 Å². The van der Waals surface area contributed by atoms with Crippen LogP contribution in [-0.2, 0) is 26.4 Å². The Labute approximate surface area is 55.3 Å². The largest absolute Gasteiger partial charge is 0.302 e. The molecule has 0 fully saturated rings. The van der Waals surface area contributed by atoms with E-state index in [4.69, 9.17) is 0 Å². The van der Waals surface area contributed by atoms with Crippen molar-refractivity contribution in [3.63, 3.8) is 0 Å². The molecule has 0 saturated heterocycles. The second-order valence-electron chi connectivity index (χ2n) is 0.806. The molecule has 0 aromatic heterocycles. The van der Waals surface area contributed by atoms with Crippen molar-refractivity contribution < 1.29 is 31.5 Å². The van der Waals surface area contributed by atoms with E-state index in [1.165, 1.54) is 0 Å². The van der Waals surface area contributed by atoms with Crippen LogP contribution >= 0.6 is 0 Å². The van der Waals surface area contributed by atoms with Crippen LogP contribution < -0.4 is 0 Å². The summed E-state index contributed by atoms with van der Waals surface area (Å²) < 4.78 is 0. The predicted molar refractivity (Wildman–Crippen MR) is 18.8 cm³/mol. The van der Waals surface area contributed by atoms with Crippen LogP contribution in [0, 0.1) is 10.1 Å². The first kappa shape index (κ1) is 10.4. The maximum Gasteiger partial charge on any atom is 0.302 e. The third-order valence-corrected chi connectivity index (χ3v) is 0.203. The van der Waals surface area contributed by atoms with Crippen LogP contribution in [0.15, 0.2) is 0 Å². The molecule has 0 heterocycles. The van der Waals surface area contributed by atoms with Crippen molar-refractivity contribution in [3.05, 3.63) is 10.1 Å². The molecule has 0 aromatic carbocycles. The minimum Gasteiger partial charge on any atom is -0.269 e. The average molecular weight is 164 g/mol. The number of carbonyl (C=O) groups excluding carboxylic acids is 1. The summed E-state index contributed by atoms with van der Waals surface area (Å²) in [5, 5.41) is 8.02. The van der Waals surface area contributed by atoms with Crippen molar-refractivity contribution in [3.8, 4) is 0 Å². The van der Waals surface area contributed by atoms with Crippen molar-refractivity contribution in [1.82, 2.24) is 0 Å². The zero-order chi connectivity index (χ0) is 5.86. The SMILES string of the molecule is CC(=O)O[N+](=O)[O-].[Co]. The molecule has 1 radical (unpaired) electrons. The standard InChI is InChI=1S/C2H3NO4.Co/c1-2(4)7-3(5)6;/h1H3;. The molecule has 0 N–H and O–H groups in total. The molecule has 0 aliphatic rings. The molecule has 0 aliphatic heterocycles. The molecule has 0 aromatic rings. The summed E-state index contributed by atoms with van der Waals surface area (Å²) in [6.45, 7) is 0.961. The molecule has 8 heavy (non-hydrogen) atoms. The quantitative estimate of drug-likeness (QED) is 0.395. The minimum absolute atomic E-state index is 0. The first-order valence-electron chi connectivity index (χ1n) is 1.46. The van der Waals surface area contributed by atoms with Crippen molar-refractivity contribution in [2.75, 3.05) is 0 Å². The van der Waals surface area contributed by atoms with Gasteiger partial charge in [0, 0.05) is 23.7 Å². The zero-order valence-corrected chi connectivity index (χ0v) is 4.95. The van der Waals surface area contributed by atoms with E-state index >= 15 is 0 Å². The van der Waals surface area contributed by atoms with E-state index in [9.17, 15) is 14.9 Å². The molecule has 0 bridgehead atoms.